The summed E-state index contributed by atoms with van der Waals surface area (Å²) >= 11 is 0. The van der Waals surface area contributed by atoms with Crippen LogP contribution in [-0.4, -0.2) is 47.6 Å². The first-order valence-electron chi connectivity index (χ1n) is 7.87. The Morgan fingerprint density at radius 2 is 1.95 bits per heavy atom. The minimum Gasteiger partial charge on any atom is -0.474 e. The molecule has 0 radical (unpaired) electrons. The average Bonchev–Trinajstić information content (AvgIpc) is 2.45. The molecule has 0 aromatic carbocycles. The highest BCUT2D eigenvalue weighted by molar-refractivity contribution is 7.89. The molecule has 1 fully saturated rings. The molecule has 1 aromatic rings. The Balaban J connectivity index is 1.89. The highest BCUT2D eigenvalue weighted by Crippen LogP contribution is 2.20. The molecule has 0 bridgehead atoms. The monoisotopic (exact) mass is 327 g/mol. The fraction of sp³-hybridized carbons (Fsp3) is 0.733. The van der Waals surface area contributed by atoms with Crippen LogP contribution in [0.25, 0.3) is 0 Å². The van der Waals surface area contributed by atoms with E-state index in [2.05, 4.69) is 9.97 Å². The van der Waals surface area contributed by atoms with Gasteiger partial charge in [-0.1, -0.05) is 13.3 Å². The Labute approximate surface area is 133 Å². The number of sulfonamides is 1. The zero-order chi connectivity index (χ0) is 16.2. The maximum Gasteiger partial charge on any atom is 0.217 e. The molecule has 6 nitrogen and oxygen atoms in total. The van der Waals surface area contributed by atoms with Crippen molar-refractivity contribution in [3.8, 4) is 5.88 Å². The van der Waals surface area contributed by atoms with Crippen LogP contribution in [0.2, 0.25) is 0 Å². The molecule has 2 rings (SSSR count). The number of piperidine rings is 1. The van der Waals surface area contributed by atoms with Crippen molar-refractivity contribution in [1.29, 1.82) is 0 Å². The van der Waals surface area contributed by atoms with E-state index in [1.165, 1.54) is 0 Å². The SMILES string of the molecule is CCCCS(=O)(=O)N1CCC(Oc2cc(C)nc(C)n2)CC1. The lowest BCUT2D eigenvalue weighted by Gasteiger charge is -2.31. The van der Waals surface area contributed by atoms with Gasteiger partial charge in [0.1, 0.15) is 11.9 Å². The number of ether oxygens (including phenoxy) is 1. The van der Waals surface area contributed by atoms with Gasteiger partial charge in [-0.15, -0.1) is 0 Å². The van der Waals surface area contributed by atoms with E-state index in [0.717, 1.165) is 18.5 Å². The Bertz CT molecular complexity index is 576. The predicted octanol–water partition coefficient (Wildman–Crippen LogP) is 2.07. The molecule has 124 valence electrons. The maximum absolute atomic E-state index is 12.2. The summed E-state index contributed by atoms with van der Waals surface area (Å²) in [6.45, 7) is 6.80. The molecule has 0 spiro atoms. The fourth-order valence-electron chi connectivity index (χ4n) is 2.60. The van der Waals surface area contributed by atoms with Crippen LogP contribution < -0.4 is 4.74 Å². The Hall–Kier alpha value is -1.21. The zero-order valence-electron chi connectivity index (χ0n) is 13.6. The number of unbranched alkanes of at least 4 members (excludes halogenated alkanes) is 1. The summed E-state index contributed by atoms with van der Waals surface area (Å²) in [5, 5.41) is 0. The Kier molecular flexibility index (Phi) is 5.74. The van der Waals surface area contributed by atoms with Crippen molar-refractivity contribution >= 4 is 10.0 Å². The van der Waals surface area contributed by atoms with Crippen molar-refractivity contribution in [3.05, 3.63) is 17.6 Å². The third-order valence-electron chi connectivity index (χ3n) is 3.78. The van der Waals surface area contributed by atoms with Gasteiger partial charge in [-0.3, -0.25) is 0 Å². The molecule has 0 amide bonds. The number of aryl methyl sites for hydroxylation is 2. The molecule has 0 atom stereocenters. The molecule has 1 aliphatic heterocycles. The first-order valence-corrected chi connectivity index (χ1v) is 9.48. The van der Waals surface area contributed by atoms with Gasteiger partial charge in [-0.05, 0) is 33.1 Å². The van der Waals surface area contributed by atoms with E-state index in [4.69, 9.17) is 4.74 Å². The molecule has 22 heavy (non-hydrogen) atoms. The summed E-state index contributed by atoms with van der Waals surface area (Å²) in [4.78, 5) is 8.49. The lowest BCUT2D eigenvalue weighted by molar-refractivity contribution is 0.129. The number of nitrogens with zero attached hydrogens (tertiary/aromatic N) is 3. The zero-order valence-corrected chi connectivity index (χ0v) is 14.4. The second kappa shape index (κ2) is 7.37. The first kappa shape index (κ1) is 17.1. The molecule has 1 aromatic heterocycles. The van der Waals surface area contributed by atoms with Gasteiger partial charge in [-0.2, -0.15) is 4.98 Å². The van der Waals surface area contributed by atoms with Crippen molar-refractivity contribution in [2.45, 2.75) is 52.6 Å². The van der Waals surface area contributed by atoms with Gasteiger partial charge in [0.25, 0.3) is 0 Å². The molecular weight excluding hydrogens is 302 g/mol. The van der Waals surface area contributed by atoms with Gasteiger partial charge in [0.05, 0.1) is 5.75 Å². The van der Waals surface area contributed by atoms with Gasteiger partial charge in [-0.25, -0.2) is 17.7 Å². The lowest BCUT2D eigenvalue weighted by Crippen LogP contribution is -2.42. The molecule has 0 saturated carbocycles. The average molecular weight is 327 g/mol. The Morgan fingerprint density at radius 3 is 2.55 bits per heavy atom. The van der Waals surface area contributed by atoms with Crippen molar-refractivity contribution in [2.24, 2.45) is 0 Å². The van der Waals surface area contributed by atoms with E-state index >= 15 is 0 Å². The fourth-order valence-corrected chi connectivity index (χ4v) is 4.28. The summed E-state index contributed by atoms with van der Waals surface area (Å²) < 4.78 is 31.8. The molecule has 7 heteroatoms. The first-order chi connectivity index (χ1) is 10.4. The predicted molar refractivity (Wildman–Crippen MR) is 85.4 cm³/mol. The lowest BCUT2D eigenvalue weighted by atomic mass is 10.1. The molecule has 0 unspecified atom stereocenters. The molecule has 1 saturated heterocycles. The van der Waals surface area contributed by atoms with Crippen LogP contribution in [0.1, 0.15) is 44.1 Å². The van der Waals surface area contributed by atoms with E-state index in [1.807, 2.05) is 26.8 Å². The summed E-state index contributed by atoms with van der Waals surface area (Å²) in [5.74, 6) is 1.52. The normalized spacial score (nSPS) is 17.6. The van der Waals surface area contributed by atoms with E-state index in [0.29, 0.717) is 37.6 Å². The highest BCUT2D eigenvalue weighted by atomic mass is 32.2. The quantitative estimate of drug-likeness (QED) is 0.800. The van der Waals surface area contributed by atoms with E-state index in [9.17, 15) is 8.42 Å². The van der Waals surface area contributed by atoms with Crippen LogP contribution in [0.5, 0.6) is 5.88 Å². The number of hydrogen-bond acceptors (Lipinski definition) is 5. The molecule has 0 aliphatic carbocycles. The summed E-state index contributed by atoms with van der Waals surface area (Å²) in [6.07, 6.45) is 3.04. The van der Waals surface area contributed by atoms with Crippen molar-refractivity contribution in [3.63, 3.8) is 0 Å². The van der Waals surface area contributed by atoms with Gasteiger partial charge in [0.2, 0.25) is 15.9 Å². The van der Waals surface area contributed by atoms with Crippen LogP contribution in [0.4, 0.5) is 0 Å². The van der Waals surface area contributed by atoms with Gasteiger partial charge < -0.3 is 4.74 Å². The molecular formula is C15H25N3O3S. The van der Waals surface area contributed by atoms with E-state index in [-0.39, 0.29) is 11.9 Å². The van der Waals surface area contributed by atoms with E-state index < -0.39 is 10.0 Å². The topological polar surface area (TPSA) is 72.4 Å². The maximum atomic E-state index is 12.2. The number of rotatable bonds is 6. The highest BCUT2D eigenvalue weighted by Gasteiger charge is 2.28. The third kappa shape index (κ3) is 4.64. The minimum absolute atomic E-state index is 0.0197. The summed E-state index contributed by atoms with van der Waals surface area (Å²) in [6, 6.07) is 1.82. The van der Waals surface area contributed by atoms with Gasteiger partial charge >= 0.3 is 0 Å². The summed E-state index contributed by atoms with van der Waals surface area (Å²) in [5.41, 5.74) is 0.877. The minimum atomic E-state index is -3.10. The van der Waals surface area contributed by atoms with Crippen LogP contribution in [0, 0.1) is 13.8 Å². The molecule has 2 heterocycles. The van der Waals surface area contributed by atoms with Crippen LogP contribution in [0.15, 0.2) is 6.07 Å². The molecule has 0 N–H and O–H groups in total. The van der Waals surface area contributed by atoms with Crippen LogP contribution in [0.3, 0.4) is 0 Å². The number of aromatic nitrogens is 2. The molecule has 1 aliphatic rings. The van der Waals surface area contributed by atoms with Crippen LogP contribution >= 0.6 is 0 Å². The van der Waals surface area contributed by atoms with Crippen molar-refractivity contribution < 1.29 is 13.2 Å². The van der Waals surface area contributed by atoms with Gasteiger partial charge in [0.15, 0.2) is 0 Å². The van der Waals surface area contributed by atoms with E-state index in [1.54, 1.807) is 4.31 Å². The standard InChI is InChI=1S/C15H25N3O3S/c1-4-5-10-22(19,20)18-8-6-14(7-9-18)21-15-11-12(2)16-13(3)17-15/h11,14H,4-10H2,1-3H3. The smallest absolute Gasteiger partial charge is 0.217 e. The summed E-state index contributed by atoms with van der Waals surface area (Å²) in [7, 11) is -3.10. The van der Waals surface area contributed by atoms with Crippen molar-refractivity contribution in [1.82, 2.24) is 14.3 Å². The second-order valence-corrected chi connectivity index (χ2v) is 7.87. The van der Waals surface area contributed by atoms with Crippen molar-refractivity contribution in [2.75, 3.05) is 18.8 Å². The third-order valence-corrected chi connectivity index (χ3v) is 5.74. The second-order valence-electron chi connectivity index (χ2n) is 5.78. The number of hydrogen-bond donors (Lipinski definition) is 0. The van der Waals surface area contributed by atoms with Crippen LogP contribution in [-0.2, 0) is 10.0 Å². The van der Waals surface area contributed by atoms with Gasteiger partial charge in [0, 0.05) is 24.8 Å². The largest absolute Gasteiger partial charge is 0.474 e. The Morgan fingerprint density at radius 1 is 1.27 bits per heavy atom.